The predicted molar refractivity (Wildman–Crippen MR) is 145 cm³/mol. The van der Waals surface area contributed by atoms with Crippen LogP contribution in [0.2, 0.25) is 0 Å². The third-order valence-corrected chi connectivity index (χ3v) is 6.46. The number of halogens is 2. The van der Waals surface area contributed by atoms with Crippen molar-refractivity contribution in [2.75, 3.05) is 5.75 Å². The van der Waals surface area contributed by atoms with Crippen molar-refractivity contribution in [1.29, 1.82) is 0 Å². The van der Waals surface area contributed by atoms with Gasteiger partial charge in [-0.1, -0.05) is 88.4 Å². The second-order valence-electron chi connectivity index (χ2n) is 7.01. The Bertz CT molecular complexity index is 1310. The molecule has 1 heterocycles. The molecule has 0 aliphatic rings. The Kier molecular flexibility index (Phi) is 8.46. The average Bonchev–Trinajstić information content (AvgIpc) is 3.28. The molecule has 0 saturated carbocycles. The van der Waals surface area contributed by atoms with Crippen molar-refractivity contribution in [1.82, 2.24) is 20.2 Å². The van der Waals surface area contributed by atoms with Crippen molar-refractivity contribution in [3.05, 3.63) is 99.4 Å². The first-order valence-electron chi connectivity index (χ1n) is 10.2. The zero-order chi connectivity index (χ0) is 23.8. The molecule has 0 bridgehead atoms. The summed E-state index contributed by atoms with van der Waals surface area (Å²) >= 11 is 8.20. The van der Waals surface area contributed by atoms with Crippen LogP contribution in [0.25, 0.3) is 23.2 Å². The number of hydrogen-bond donors (Lipinski definition) is 1. The number of thioether (sulfide) groups is 1. The molecule has 0 radical (unpaired) electrons. The molecular formula is C25H19Br2N5OS. The van der Waals surface area contributed by atoms with Gasteiger partial charge in [0.2, 0.25) is 0 Å². The van der Waals surface area contributed by atoms with E-state index in [0.717, 1.165) is 25.8 Å². The van der Waals surface area contributed by atoms with Crippen LogP contribution in [0.1, 0.15) is 5.56 Å². The van der Waals surface area contributed by atoms with Crippen LogP contribution in [0.3, 0.4) is 0 Å². The van der Waals surface area contributed by atoms with E-state index in [9.17, 15) is 4.79 Å². The quantitative estimate of drug-likeness (QED) is 0.147. The number of carbonyl (C=O) groups is 1. The lowest BCUT2D eigenvalue weighted by atomic mass is 10.2. The smallest absolute Gasteiger partial charge is 0.250 e. The lowest BCUT2D eigenvalue weighted by molar-refractivity contribution is -0.118. The van der Waals surface area contributed by atoms with E-state index in [2.05, 4.69) is 52.6 Å². The molecule has 6 nitrogen and oxygen atoms in total. The van der Waals surface area contributed by atoms with E-state index in [1.807, 2.05) is 95.6 Å². The van der Waals surface area contributed by atoms with Crippen LogP contribution in [-0.2, 0) is 4.79 Å². The topological polar surface area (TPSA) is 72.2 Å². The molecule has 0 aliphatic carbocycles. The van der Waals surface area contributed by atoms with Crippen molar-refractivity contribution >= 4 is 61.8 Å². The summed E-state index contributed by atoms with van der Waals surface area (Å²) in [6, 6.07) is 27.5. The Morgan fingerprint density at radius 3 is 2.35 bits per heavy atom. The van der Waals surface area contributed by atoms with Gasteiger partial charge in [-0.05, 0) is 51.8 Å². The number of benzene rings is 3. The summed E-state index contributed by atoms with van der Waals surface area (Å²) in [7, 11) is 0. The molecule has 1 N–H and O–H groups in total. The summed E-state index contributed by atoms with van der Waals surface area (Å²) in [4.78, 5) is 12.4. The highest BCUT2D eigenvalue weighted by atomic mass is 79.9. The first-order chi connectivity index (χ1) is 16.6. The molecule has 170 valence electrons. The largest absolute Gasteiger partial charge is 0.272 e. The fourth-order valence-corrected chi connectivity index (χ4v) is 4.41. The number of para-hydroxylation sites is 1. The van der Waals surface area contributed by atoms with Crippen LogP contribution in [0.15, 0.2) is 104 Å². The van der Waals surface area contributed by atoms with Crippen molar-refractivity contribution in [3.63, 3.8) is 0 Å². The molecule has 9 heteroatoms. The van der Waals surface area contributed by atoms with Crippen molar-refractivity contribution in [3.8, 4) is 17.1 Å². The molecule has 34 heavy (non-hydrogen) atoms. The van der Waals surface area contributed by atoms with Crippen molar-refractivity contribution in [2.45, 2.75) is 5.16 Å². The molecule has 3 aromatic carbocycles. The summed E-state index contributed by atoms with van der Waals surface area (Å²) in [6.07, 6.45) is 3.46. The second-order valence-corrected chi connectivity index (χ2v) is 9.78. The number of hydrogen-bond acceptors (Lipinski definition) is 5. The molecule has 0 fully saturated rings. The molecule has 0 saturated heterocycles. The van der Waals surface area contributed by atoms with E-state index >= 15 is 0 Å². The van der Waals surface area contributed by atoms with E-state index in [1.54, 1.807) is 6.21 Å². The Labute approximate surface area is 218 Å². The van der Waals surface area contributed by atoms with Crippen LogP contribution in [0.4, 0.5) is 0 Å². The number of nitrogens with one attached hydrogen (secondary N) is 1. The van der Waals surface area contributed by atoms with Crippen LogP contribution in [-0.4, -0.2) is 32.6 Å². The zero-order valence-electron chi connectivity index (χ0n) is 17.8. The lowest BCUT2D eigenvalue weighted by Gasteiger charge is -2.10. The summed E-state index contributed by atoms with van der Waals surface area (Å²) in [5, 5.41) is 13.4. The number of amides is 1. The van der Waals surface area contributed by atoms with Crippen LogP contribution in [0, 0.1) is 0 Å². The predicted octanol–water partition coefficient (Wildman–Crippen LogP) is 6.33. The molecule has 1 aromatic heterocycles. The van der Waals surface area contributed by atoms with Gasteiger partial charge in [-0.2, -0.15) is 5.10 Å². The molecule has 4 rings (SSSR count). The van der Waals surface area contributed by atoms with Gasteiger partial charge in [-0.25, -0.2) is 5.43 Å². The van der Waals surface area contributed by atoms with E-state index in [4.69, 9.17) is 0 Å². The number of rotatable bonds is 8. The Morgan fingerprint density at radius 2 is 1.65 bits per heavy atom. The van der Waals surface area contributed by atoms with Gasteiger partial charge in [0.1, 0.15) is 0 Å². The molecule has 1 amide bonds. The first-order valence-corrected chi connectivity index (χ1v) is 12.8. The monoisotopic (exact) mass is 595 g/mol. The number of hydrazone groups is 1. The second kappa shape index (κ2) is 11.9. The molecule has 0 spiro atoms. The lowest BCUT2D eigenvalue weighted by Crippen LogP contribution is -2.19. The Morgan fingerprint density at radius 1 is 0.971 bits per heavy atom. The molecular weight excluding hydrogens is 578 g/mol. The van der Waals surface area contributed by atoms with Gasteiger partial charge in [-0.3, -0.25) is 9.36 Å². The normalized spacial score (nSPS) is 11.6. The first kappa shape index (κ1) is 24.1. The van der Waals surface area contributed by atoms with Gasteiger partial charge in [0.15, 0.2) is 11.0 Å². The van der Waals surface area contributed by atoms with Gasteiger partial charge >= 0.3 is 0 Å². The highest BCUT2D eigenvalue weighted by Gasteiger charge is 2.17. The van der Waals surface area contributed by atoms with Gasteiger partial charge in [-0.15, -0.1) is 10.2 Å². The van der Waals surface area contributed by atoms with E-state index < -0.39 is 0 Å². The minimum Gasteiger partial charge on any atom is -0.272 e. The zero-order valence-corrected chi connectivity index (χ0v) is 21.8. The van der Waals surface area contributed by atoms with E-state index in [0.29, 0.717) is 11.0 Å². The van der Waals surface area contributed by atoms with Gasteiger partial charge < -0.3 is 0 Å². The van der Waals surface area contributed by atoms with Crippen LogP contribution >= 0.6 is 43.6 Å². The molecule has 0 aliphatic heterocycles. The fraction of sp³-hybridized carbons (Fsp3) is 0.0400. The van der Waals surface area contributed by atoms with Gasteiger partial charge in [0.25, 0.3) is 5.91 Å². The Balaban J connectivity index is 1.45. The Hall–Kier alpha value is -3.01. The van der Waals surface area contributed by atoms with Gasteiger partial charge in [0.05, 0.1) is 12.0 Å². The fourth-order valence-electron chi connectivity index (χ4n) is 3.03. The third-order valence-electron chi connectivity index (χ3n) is 4.56. The standard InChI is InChI=1S/C25H19Br2N5OS/c26-20-13-11-19(12-14-20)24-30-31-25(32(24)22-9-5-2-6-10-22)34-17-23(33)29-28-16-21(27)15-18-7-3-1-4-8-18/h1-16H,17H2,(H,29,33)/b21-15-,28-16-. The highest BCUT2D eigenvalue weighted by molar-refractivity contribution is 9.12. The number of nitrogens with zero attached hydrogens (tertiary/aromatic N) is 4. The molecule has 0 atom stereocenters. The molecule has 4 aromatic rings. The number of allylic oxidation sites excluding steroid dienone is 1. The minimum atomic E-state index is -0.242. The van der Waals surface area contributed by atoms with Crippen LogP contribution < -0.4 is 5.43 Å². The number of carbonyl (C=O) groups excluding carboxylic acids is 1. The minimum absolute atomic E-state index is 0.142. The van der Waals surface area contributed by atoms with E-state index in [1.165, 1.54) is 11.8 Å². The van der Waals surface area contributed by atoms with Crippen LogP contribution in [0.5, 0.6) is 0 Å². The summed E-state index contributed by atoms with van der Waals surface area (Å²) in [5.74, 6) is 0.603. The summed E-state index contributed by atoms with van der Waals surface area (Å²) in [5.41, 5.74) is 5.43. The maximum Gasteiger partial charge on any atom is 0.250 e. The van der Waals surface area contributed by atoms with E-state index in [-0.39, 0.29) is 11.7 Å². The third kappa shape index (κ3) is 6.53. The maximum atomic E-state index is 12.4. The number of aromatic nitrogens is 3. The van der Waals surface area contributed by atoms with Gasteiger partial charge in [0, 0.05) is 20.2 Å². The summed E-state index contributed by atoms with van der Waals surface area (Å²) < 4.78 is 3.68. The van der Waals surface area contributed by atoms with Crippen molar-refractivity contribution in [2.24, 2.45) is 5.10 Å². The highest BCUT2D eigenvalue weighted by Crippen LogP contribution is 2.28. The molecule has 0 unspecified atom stereocenters. The summed E-state index contributed by atoms with van der Waals surface area (Å²) in [6.45, 7) is 0. The van der Waals surface area contributed by atoms with Crippen molar-refractivity contribution < 1.29 is 4.79 Å². The average molecular weight is 597 g/mol. The SMILES string of the molecule is O=C(CSc1nnc(-c2ccc(Br)cc2)n1-c1ccccc1)N/N=C\C(Br)=C\c1ccccc1. The maximum absolute atomic E-state index is 12.4.